The largest absolute Gasteiger partial charge is 0.457 e. The van der Waals surface area contributed by atoms with Gasteiger partial charge in [-0.15, -0.1) is 0 Å². The first-order valence-electron chi connectivity index (χ1n) is 18.5. The van der Waals surface area contributed by atoms with E-state index in [-0.39, 0.29) is 5.41 Å². The molecule has 0 atom stereocenters. The summed E-state index contributed by atoms with van der Waals surface area (Å²) in [6.45, 7) is 4.60. The highest BCUT2D eigenvalue weighted by atomic mass is 28.3. The van der Waals surface area contributed by atoms with E-state index in [0.29, 0.717) is 0 Å². The van der Waals surface area contributed by atoms with Gasteiger partial charge < -0.3 is 4.74 Å². The fourth-order valence-corrected chi connectivity index (χ4v) is 13.5. The SMILES string of the molecule is CC1(C)c2ccccc2Oc2cc3c(cc21)c1ccc([Si](c2ccccc2)(c2ccccc2)c2cccc(-c4ccccn4)c2)cc1n3-c1ccccn1. The van der Waals surface area contributed by atoms with Gasteiger partial charge in [0.05, 0.1) is 16.7 Å². The van der Waals surface area contributed by atoms with Crippen LogP contribution in [0.3, 0.4) is 0 Å². The zero-order valence-electron chi connectivity index (χ0n) is 30.1. The Morgan fingerprint density at radius 1 is 0.481 bits per heavy atom. The van der Waals surface area contributed by atoms with Gasteiger partial charge in [0, 0.05) is 51.3 Å². The van der Waals surface area contributed by atoms with Crippen LogP contribution in [0.2, 0.25) is 0 Å². The predicted octanol–water partition coefficient (Wildman–Crippen LogP) is 9.05. The van der Waals surface area contributed by atoms with Gasteiger partial charge in [0.25, 0.3) is 0 Å². The van der Waals surface area contributed by atoms with E-state index in [0.717, 1.165) is 39.6 Å². The van der Waals surface area contributed by atoms with Crippen molar-refractivity contribution in [2.24, 2.45) is 0 Å². The Kier molecular flexibility index (Phi) is 7.46. The van der Waals surface area contributed by atoms with Gasteiger partial charge in [-0.25, -0.2) is 4.98 Å². The van der Waals surface area contributed by atoms with Gasteiger partial charge in [0.1, 0.15) is 17.3 Å². The van der Waals surface area contributed by atoms with Crippen molar-refractivity contribution in [1.29, 1.82) is 0 Å². The zero-order chi connectivity index (χ0) is 36.3. The van der Waals surface area contributed by atoms with E-state index in [1.807, 2.05) is 30.6 Å². The lowest BCUT2D eigenvalue weighted by Crippen LogP contribution is -2.74. The highest BCUT2D eigenvalue weighted by molar-refractivity contribution is 7.20. The van der Waals surface area contributed by atoms with Crippen molar-refractivity contribution in [3.8, 4) is 28.6 Å². The second kappa shape index (κ2) is 12.5. The molecule has 54 heavy (non-hydrogen) atoms. The molecule has 258 valence electrons. The summed E-state index contributed by atoms with van der Waals surface area (Å²) in [5, 5.41) is 7.59. The molecule has 0 fully saturated rings. The van der Waals surface area contributed by atoms with Crippen molar-refractivity contribution in [1.82, 2.24) is 14.5 Å². The minimum absolute atomic E-state index is 0.237. The molecule has 0 radical (unpaired) electrons. The lowest BCUT2D eigenvalue weighted by molar-refractivity contribution is 0.419. The van der Waals surface area contributed by atoms with Gasteiger partial charge in [-0.05, 0) is 63.2 Å². The van der Waals surface area contributed by atoms with Gasteiger partial charge in [-0.1, -0.05) is 141 Å². The Hall–Kier alpha value is -6.56. The van der Waals surface area contributed by atoms with Crippen LogP contribution in [0.4, 0.5) is 0 Å². The maximum absolute atomic E-state index is 6.68. The molecule has 0 spiro atoms. The van der Waals surface area contributed by atoms with E-state index in [1.54, 1.807) is 0 Å². The van der Waals surface area contributed by atoms with Crippen LogP contribution in [-0.4, -0.2) is 22.6 Å². The third-order valence-electron chi connectivity index (χ3n) is 11.3. The molecule has 9 aromatic rings. The van der Waals surface area contributed by atoms with Crippen molar-refractivity contribution >= 4 is 50.6 Å². The highest BCUT2D eigenvalue weighted by Crippen LogP contribution is 2.50. The van der Waals surface area contributed by atoms with Crippen molar-refractivity contribution < 1.29 is 4.74 Å². The Morgan fingerprint density at radius 3 is 1.85 bits per heavy atom. The van der Waals surface area contributed by atoms with E-state index >= 15 is 0 Å². The summed E-state index contributed by atoms with van der Waals surface area (Å²) >= 11 is 0. The number of ether oxygens (including phenoxy) is 1. The molecule has 0 N–H and O–H groups in total. The minimum Gasteiger partial charge on any atom is -0.457 e. The number of nitrogens with zero attached hydrogens (tertiary/aromatic N) is 3. The van der Waals surface area contributed by atoms with Crippen LogP contribution >= 0.6 is 0 Å². The van der Waals surface area contributed by atoms with E-state index < -0.39 is 8.07 Å². The Bertz CT molecular complexity index is 2780. The number of rotatable bonds is 6. The minimum atomic E-state index is -2.93. The topological polar surface area (TPSA) is 39.9 Å². The van der Waals surface area contributed by atoms with E-state index in [4.69, 9.17) is 14.7 Å². The summed E-state index contributed by atoms with van der Waals surface area (Å²) in [4.78, 5) is 9.69. The first-order valence-corrected chi connectivity index (χ1v) is 20.5. The molecule has 4 heterocycles. The smallest absolute Gasteiger partial charge is 0.179 e. The maximum atomic E-state index is 6.68. The van der Waals surface area contributed by atoms with Crippen LogP contribution in [-0.2, 0) is 5.41 Å². The summed E-state index contributed by atoms with van der Waals surface area (Å²) in [7, 11) is -2.93. The fourth-order valence-electron chi connectivity index (χ4n) is 8.74. The Morgan fingerprint density at radius 2 is 1.13 bits per heavy atom. The number of aromatic nitrogens is 3. The first-order chi connectivity index (χ1) is 26.5. The molecular formula is C49H37N3OSi. The van der Waals surface area contributed by atoms with Crippen molar-refractivity contribution in [3.63, 3.8) is 0 Å². The van der Waals surface area contributed by atoms with Crippen LogP contribution in [0.5, 0.6) is 11.5 Å². The predicted molar refractivity (Wildman–Crippen MR) is 224 cm³/mol. The number of pyridine rings is 2. The summed E-state index contributed by atoms with van der Waals surface area (Å²) in [6, 6.07) is 63.7. The third kappa shape index (κ3) is 4.89. The Labute approximate surface area is 316 Å². The van der Waals surface area contributed by atoms with E-state index in [9.17, 15) is 0 Å². The highest BCUT2D eigenvalue weighted by Gasteiger charge is 2.42. The zero-order valence-corrected chi connectivity index (χ0v) is 31.1. The van der Waals surface area contributed by atoms with E-state index in [1.165, 1.54) is 42.6 Å². The molecule has 0 amide bonds. The van der Waals surface area contributed by atoms with Gasteiger partial charge >= 0.3 is 0 Å². The van der Waals surface area contributed by atoms with Crippen LogP contribution in [0.15, 0.2) is 188 Å². The van der Waals surface area contributed by atoms with Gasteiger partial charge in [0.15, 0.2) is 8.07 Å². The normalized spacial score (nSPS) is 13.3. The van der Waals surface area contributed by atoms with Crippen molar-refractivity contribution in [2.45, 2.75) is 19.3 Å². The van der Waals surface area contributed by atoms with Crippen molar-refractivity contribution in [3.05, 3.63) is 199 Å². The molecule has 0 saturated heterocycles. The van der Waals surface area contributed by atoms with Crippen LogP contribution < -0.4 is 25.5 Å². The second-order valence-electron chi connectivity index (χ2n) is 14.6. The number of fused-ring (bicyclic) bond motifs is 5. The lowest BCUT2D eigenvalue weighted by atomic mass is 9.75. The molecule has 0 bridgehead atoms. The number of hydrogen-bond acceptors (Lipinski definition) is 3. The summed E-state index contributed by atoms with van der Waals surface area (Å²) < 4.78 is 9.00. The van der Waals surface area contributed by atoms with Crippen LogP contribution in [0, 0.1) is 0 Å². The molecule has 0 aliphatic carbocycles. The Balaban J connectivity index is 1.30. The summed E-state index contributed by atoms with van der Waals surface area (Å²) in [5.41, 5.74) is 6.39. The average Bonchev–Trinajstić information content (AvgIpc) is 3.55. The maximum Gasteiger partial charge on any atom is 0.179 e. The first kappa shape index (κ1) is 32.1. The van der Waals surface area contributed by atoms with Crippen LogP contribution in [0.25, 0.3) is 38.9 Å². The molecule has 4 nitrogen and oxygen atoms in total. The fraction of sp³-hybridized carbons (Fsp3) is 0.0612. The average molecular weight is 712 g/mol. The second-order valence-corrected chi connectivity index (χ2v) is 18.4. The molecule has 0 saturated carbocycles. The molecule has 10 rings (SSSR count). The molecule has 1 aliphatic heterocycles. The van der Waals surface area contributed by atoms with E-state index in [2.05, 4.69) is 176 Å². The third-order valence-corrected chi connectivity index (χ3v) is 16.1. The van der Waals surface area contributed by atoms with Crippen molar-refractivity contribution in [2.75, 3.05) is 0 Å². The lowest BCUT2D eigenvalue weighted by Gasteiger charge is -2.35. The number of para-hydroxylation sites is 1. The molecule has 3 aromatic heterocycles. The summed E-state index contributed by atoms with van der Waals surface area (Å²) in [5.74, 6) is 2.66. The molecule has 5 heteroatoms. The number of benzene rings is 6. The molecule has 6 aromatic carbocycles. The molecule has 1 aliphatic rings. The van der Waals surface area contributed by atoms with Crippen LogP contribution in [0.1, 0.15) is 25.0 Å². The summed E-state index contributed by atoms with van der Waals surface area (Å²) in [6.07, 6.45) is 3.75. The monoisotopic (exact) mass is 711 g/mol. The molecule has 0 unspecified atom stereocenters. The van der Waals surface area contributed by atoms with Gasteiger partial charge in [-0.2, -0.15) is 0 Å². The quantitative estimate of drug-likeness (QED) is 0.128. The molecular weight excluding hydrogens is 675 g/mol. The standard InChI is InChI=1S/C49H37N3OSi/c1-49(2)41-22-9-10-24-46(41)53-47-33-45-40(32-42(47)49)39-27-26-38(31-44(39)52(45)48-25-12-14-29-51-48)54(35-17-5-3-6-18-35,36-19-7-4-8-20-36)37-21-15-16-34(30-37)43-23-11-13-28-50-43/h3-33H,1-2H3. The van der Waals surface area contributed by atoms with Gasteiger partial charge in [-0.3, -0.25) is 9.55 Å². The number of hydrogen-bond donors (Lipinski definition) is 0. The van der Waals surface area contributed by atoms with Gasteiger partial charge in [0.2, 0.25) is 0 Å².